The van der Waals surface area contributed by atoms with Crippen LogP contribution in [-0.4, -0.2) is 43.7 Å². The third-order valence-corrected chi connectivity index (χ3v) is 6.64. The summed E-state index contributed by atoms with van der Waals surface area (Å²) in [7, 11) is 0. The number of hydrogen-bond acceptors (Lipinski definition) is 6. The number of aliphatic carboxylic acids is 1. The number of nitrogen functional groups attached to an aromatic ring is 1. The van der Waals surface area contributed by atoms with E-state index in [9.17, 15) is 4.79 Å². The van der Waals surface area contributed by atoms with Gasteiger partial charge in [-0.1, -0.05) is 18.2 Å². The van der Waals surface area contributed by atoms with E-state index in [1.165, 1.54) is 0 Å². The number of rotatable bonds is 4. The molecule has 31 heavy (non-hydrogen) atoms. The highest BCUT2D eigenvalue weighted by Gasteiger charge is 2.26. The maximum absolute atomic E-state index is 11.0. The molecule has 4 heterocycles. The van der Waals surface area contributed by atoms with Crippen LogP contribution >= 0.6 is 15.9 Å². The second-order valence-corrected chi connectivity index (χ2v) is 8.67. The number of carbonyl (C=O) groups is 1. The average Bonchev–Trinajstić information content (AvgIpc) is 3.20. The van der Waals surface area contributed by atoms with Crippen LogP contribution in [0.15, 0.2) is 47.2 Å². The monoisotopic (exact) mass is 480 g/mol. The van der Waals surface area contributed by atoms with Crippen LogP contribution in [0, 0.1) is 5.92 Å². The molecule has 0 unspecified atom stereocenters. The maximum atomic E-state index is 11.0. The molecule has 4 aromatic rings. The van der Waals surface area contributed by atoms with Crippen molar-refractivity contribution in [3.8, 4) is 11.1 Å². The number of fused-ring (bicyclic) bond motifs is 2. The standard InChI is InChI=1S/C22H21BrN6O2/c23-19-20(24)29-21(27-22(19)28-7-5-13(6-8-28)9-18(30)31)16(12-26-29)15-10-14-3-1-2-4-17(14)25-11-15/h1-4,10-13H,5-9,24H2,(H,30,31). The van der Waals surface area contributed by atoms with Crippen LogP contribution in [0.5, 0.6) is 0 Å². The minimum absolute atomic E-state index is 0.197. The lowest BCUT2D eigenvalue weighted by Crippen LogP contribution is -2.35. The minimum atomic E-state index is -0.740. The maximum Gasteiger partial charge on any atom is 0.303 e. The zero-order valence-electron chi connectivity index (χ0n) is 16.7. The topological polar surface area (TPSA) is 110 Å². The molecule has 0 radical (unpaired) electrons. The zero-order valence-corrected chi connectivity index (χ0v) is 18.3. The molecule has 1 aliphatic rings. The summed E-state index contributed by atoms with van der Waals surface area (Å²) in [5, 5.41) is 14.6. The lowest BCUT2D eigenvalue weighted by Gasteiger charge is -2.33. The van der Waals surface area contributed by atoms with E-state index in [0.717, 1.165) is 53.8 Å². The van der Waals surface area contributed by atoms with Crippen LogP contribution in [0.25, 0.3) is 27.7 Å². The van der Waals surface area contributed by atoms with Gasteiger partial charge in [0.15, 0.2) is 5.65 Å². The Hall–Kier alpha value is -3.20. The third-order valence-electron chi connectivity index (χ3n) is 5.88. The predicted molar refractivity (Wildman–Crippen MR) is 123 cm³/mol. The number of carboxylic acids is 1. The third kappa shape index (κ3) is 3.59. The van der Waals surface area contributed by atoms with E-state index < -0.39 is 5.97 Å². The summed E-state index contributed by atoms with van der Waals surface area (Å²) in [6.45, 7) is 1.47. The second-order valence-electron chi connectivity index (χ2n) is 7.87. The molecule has 8 nitrogen and oxygen atoms in total. The zero-order chi connectivity index (χ0) is 21.5. The molecule has 1 aromatic carbocycles. The molecular formula is C22H21BrN6O2. The minimum Gasteiger partial charge on any atom is -0.481 e. The number of halogens is 1. The molecule has 1 saturated heterocycles. The quantitative estimate of drug-likeness (QED) is 0.454. The first-order valence-electron chi connectivity index (χ1n) is 10.2. The Morgan fingerprint density at radius 1 is 1.23 bits per heavy atom. The van der Waals surface area contributed by atoms with Crippen molar-refractivity contribution in [2.75, 3.05) is 23.7 Å². The van der Waals surface area contributed by atoms with Gasteiger partial charge in [-0.3, -0.25) is 9.78 Å². The number of para-hydroxylation sites is 1. The number of pyridine rings is 1. The van der Waals surface area contributed by atoms with Gasteiger partial charge in [0, 0.05) is 42.2 Å². The molecule has 0 saturated carbocycles. The molecule has 0 bridgehead atoms. The average molecular weight is 481 g/mol. The van der Waals surface area contributed by atoms with E-state index in [4.69, 9.17) is 15.8 Å². The Morgan fingerprint density at radius 3 is 2.77 bits per heavy atom. The van der Waals surface area contributed by atoms with Crippen molar-refractivity contribution in [1.29, 1.82) is 0 Å². The Kier molecular flexibility index (Phi) is 4.97. The fraction of sp³-hybridized carbons (Fsp3) is 0.273. The van der Waals surface area contributed by atoms with Crippen LogP contribution in [0.4, 0.5) is 11.6 Å². The van der Waals surface area contributed by atoms with E-state index in [-0.39, 0.29) is 12.3 Å². The molecular weight excluding hydrogens is 460 g/mol. The Morgan fingerprint density at radius 2 is 2.00 bits per heavy atom. The first-order chi connectivity index (χ1) is 15.0. The summed E-state index contributed by atoms with van der Waals surface area (Å²) in [5.41, 5.74) is 9.78. The summed E-state index contributed by atoms with van der Waals surface area (Å²) in [6, 6.07) is 10.0. The van der Waals surface area contributed by atoms with Gasteiger partial charge in [0.25, 0.3) is 0 Å². The van der Waals surface area contributed by atoms with E-state index in [1.54, 1.807) is 10.7 Å². The molecule has 0 amide bonds. The molecule has 158 valence electrons. The second kappa shape index (κ2) is 7.81. The van der Waals surface area contributed by atoms with Gasteiger partial charge in [-0.05, 0) is 46.8 Å². The van der Waals surface area contributed by atoms with Crippen LogP contribution in [0.1, 0.15) is 19.3 Å². The number of hydrogen-bond donors (Lipinski definition) is 2. The van der Waals surface area contributed by atoms with Gasteiger partial charge in [0.05, 0.1) is 11.7 Å². The summed E-state index contributed by atoms with van der Waals surface area (Å²) >= 11 is 3.59. The first-order valence-corrected chi connectivity index (χ1v) is 10.9. The molecule has 3 aromatic heterocycles. The van der Waals surface area contributed by atoms with E-state index in [0.29, 0.717) is 15.9 Å². The number of piperidine rings is 1. The molecule has 0 aliphatic carbocycles. The molecule has 9 heteroatoms. The largest absolute Gasteiger partial charge is 0.481 e. The van der Waals surface area contributed by atoms with Crippen molar-refractivity contribution in [1.82, 2.24) is 19.6 Å². The summed E-state index contributed by atoms with van der Waals surface area (Å²) < 4.78 is 2.33. The smallest absolute Gasteiger partial charge is 0.303 e. The summed E-state index contributed by atoms with van der Waals surface area (Å²) in [5.74, 6) is 0.695. The van der Waals surface area contributed by atoms with Crippen molar-refractivity contribution in [2.24, 2.45) is 5.92 Å². The Labute approximate surface area is 186 Å². The molecule has 3 N–H and O–H groups in total. The van der Waals surface area contributed by atoms with E-state index >= 15 is 0 Å². The highest BCUT2D eigenvalue weighted by atomic mass is 79.9. The van der Waals surface area contributed by atoms with Gasteiger partial charge < -0.3 is 15.7 Å². The van der Waals surface area contributed by atoms with Crippen LogP contribution in [0.3, 0.4) is 0 Å². The van der Waals surface area contributed by atoms with Gasteiger partial charge >= 0.3 is 5.97 Å². The number of anilines is 2. The van der Waals surface area contributed by atoms with Gasteiger partial charge in [-0.15, -0.1) is 0 Å². The number of nitrogens with zero attached hydrogens (tertiary/aromatic N) is 5. The Balaban J connectivity index is 1.54. The van der Waals surface area contributed by atoms with Crippen molar-refractivity contribution in [3.63, 3.8) is 0 Å². The van der Waals surface area contributed by atoms with Crippen LogP contribution in [-0.2, 0) is 4.79 Å². The van der Waals surface area contributed by atoms with Crippen molar-refractivity contribution in [2.45, 2.75) is 19.3 Å². The van der Waals surface area contributed by atoms with Crippen molar-refractivity contribution in [3.05, 3.63) is 47.2 Å². The SMILES string of the molecule is Nc1c(Br)c(N2CCC(CC(=O)O)CC2)nc2c(-c3cnc4ccccc4c3)cnn12. The summed E-state index contributed by atoms with van der Waals surface area (Å²) in [4.78, 5) is 22.7. The number of carboxylic acid groups (broad SMARTS) is 1. The van der Waals surface area contributed by atoms with Gasteiger partial charge in [-0.25, -0.2) is 4.98 Å². The molecule has 1 aliphatic heterocycles. The fourth-order valence-electron chi connectivity index (χ4n) is 4.21. The van der Waals surface area contributed by atoms with E-state index in [2.05, 4.69) is 37.0 Å². The predicted octanol–water partition coefficient (Wildman–Crippen LogP) is 3.98. The van der Waals surface area contributed by atoms with Crippen molar-refractivity contribution >= 4 is 50.1 Å². The Bertz CT molecular complexity index is 1300. The highest BCUT2D eigenvalue weighted by molar-refractivity contribution is 9.10. The number of nitrogens with two attached hydrogens (primary N) is 1. The van der Waals surface area contributed by atoms with Crippen LogP contribution in [0.2, 0.25) is 0 Å². The van der Waals surface area contributed by atoms with Crippen LogP contribution < -0.4 is 10.6 Å². The van der Waals surface area contributed by atoms with Gasteiger partial charge in [-0.2, -0.15) is 9.61 Å². The fourth-order valence-corrected chi connectivity index (χ4v) is 4.72. The highest BCUT2D eigenvalue weighted by Crippen LogP contribution is 2.36. The lowest BCUT2D eigenvalue weighted by atomic mass is 9.94. The first kappa shape index (κ1) is 19.7. The molecule has 1 fully saturated rings. The number of benzene rings is 1. The number of aromatic nitrogens is 4. The molecule has 0 atom stereocenters. The van der Waals surface area contributed by atoms with Crippen molar-refractivity contribution < 1.29 is 9.90 Å². The molecule has 0 spiro atoms. The molecule has 5 rings (SSSR count). The van der Waals surface area contributed by atoms with E-state index in [1.807, 2.05) is 30.5 Å². The summed E-state index contributed by atoms with van der Waals surface area (Å²) in [6.07, 6.45) is 5.43. The van der Waals surface area contributed by atoms with Gasteiger partial charge in [0.2, 0.25) is 0 Å². The van der Waals surface area contributed by atoms with Gasteiger partial charge in [0.1, 0.15) is 16.1 Å². The normalized spacial score (nSPS) is 15.1. The lowest BCUT2D eigenvalue weighted by molar-refractivity contribution is -0.138.